The smallest absolute Gasteiger partial charge is 0.319 e. The van der Waals surface area contributed by atoms with Crippen LogP contribution >= 0.6 is 0 Å². The summed E-state index contributed by atoms with van der Waals surface area (Å²) in [7, 11) is 1.41. The van der Waals surface area contributed by atoms with Gasteiger partial charge in [0.1, 0.15) is 39.6 Å². The number of terminal acetylenes is 1. The third-order valence-corrected chi connectivity index (χ3v) is 12.9. The van der Waals surface area contributed by atoms with Gasteiger partial charge < -0.3 is 34.1 Å². The predicted octanol–water partition coefficient (Wildman–Crippen LogP) is 5.99. The van der Waals surface area contributed by atoms with Crippen molar-refractivity contribution in [2.75, 3.05) is 64.7 Å². The first-order valence-corrected chi connectivity index (χ1v) is 19.4. The lowest BCUT2D eigenvalue weighted by atomic mass is 9.74. The van der Waals surface area contributed by atoms with Gasteiger partial charge in [-0.05, 0) is 82.0 Å². The number of hydrogen-bond donors (Lipinski definition) is 2. The van der Waals surface area contributed by atoms with Gasteiger partial charge in [0.15, 0.2) is 5.82 Å². The van der Waals surface area contributed by atoms with Crippen molar-refractivity contribution < 1.29 is 37.9 Å². The maximum absolute atomic E-state index is 17.4. The van der Waals surface area contributed by atoms with Crippen LogP contribution in [0.1, 0.15) is 63.9 Å². The van der Waals surface area contributed by atoms with Crippen LogP contribution in [-0.2, 0) is 9.47 Å². The molecule has 9 rings (SSSR count). The summed E-state index contributed by atoms with van der Waals surface area (Å²) in [5, 5.41) is 22.7. The highest BCUT2D eigenvalue weighted by Crippen LogP contribution is 2.53. The summed E-state index contributed by atoms with van der Waals surface area (Å²) < 4.78 is 56.3. The van der Waals surface area contributed by atoms with E-state index in [0.717, 1.165) is 51.9 Å². The van der Waals surface area contributed by atoms with E-state index in [2.05, 4.69) is 15.8 Å². The van der Waals surface area contributed by atoms with E-state index >= 15 is 8.78 Å². The number of halogens is 2. The molecular weight excluding hydrogens is 708 g/mol. The van der Waals surface area contributed by atoms with Gasteiger partial charge in [0.05, 0.1) is 52.3 Å². The molecule has 11 nitrogen and oxygen atoms in total. The number of rotatable bonds is 7. The minimum atomic E-state index is -1.24. The number of benzene rings is 2. The van der Waals surface area contributed by atoms with Crippen molar-refractivity contribution in [3.8, 4) is 41.2 Å². The van der Waals surface area contributed by atoms with E-state index in [1.54, 1.807) is 6.92 Å². The van der Waals surface area contributed by atoms with Crippen LogP contribution in [0.25, 0.3) is 32.9 Å². The van der Waals surface area contributed by atoms with Crippen molar-refractivity contribution >= 4 is 27.5 Å². The number of piperidine rings is 1. The molecule has 4 unspecified atom stereocenters. The van der Waals surface area contributed by atoms with Crippen molar-refractivity contribution in [3.05, 3.63) is 41.5 Å². The number of phenols is 1. The second kappa shape index (κ2) is 13.7. The van der Waals surface area contributed by atoms with E-state index in [-0.39, 0.29) is 75.1 Å². The first-order valence-electron chi connectivity index (χ1n) is 19.4. The maximum atomic E-state index is 17.4. The van der Waals surface area contributed by atoms with Crippen LogP contribution in [0.4, 0.5) is 14.6 Å². The van der Waals surface area contributed by atoms with Crippen LogP contribution in [-0.4, -0.2) is 108 Å². The van der Waals surface area contributed by atoms with E-state index in [1.807, 2.05) is 4.90 Å². The summed E-state index contributed by atoms with van der Waals surface area (Å²) in [6.07, 6.45) is 14.7. The summed E-state index contributed by atoms with van der Waals surface area (Å²) in [6.45, 7) is 5.74. The van der Waals surface area contributed by atoms with Gasteiger partial charge in [-0.15, -0.1) is 6.42 Å². The third kappa shape index (κ3) is 6.22. The van der Waals surface area contributed by atoms with Gasteiger partial charge in [-0.1, -0.05) is 18.4 Å². The van der Waals surface area contributed by atoms with Gasteiger partial charge in [0.25, 0.3) is 0 Å². The lowest BCUT2D eigenvalue weighted by Crippen LogP contribution is -2.55. The van der Waals surface area contributed by atoms with E-state index in [4.69, 9.17) is 35.3 Å². The SMILES string of the molecule is C#Cc1c(F)ccc2cc(O)cc(-c3nc(OC)c4c(N5CCOCC(C)(O)C5)nc(OCC56CCCC5N(C5CCC7(COC7)C5)CCC6)nc4c3F)c12. The molecule has 55 heavy (non-hydrogen) atoms. The number of anilines is 1. The Bertz CT molecular complexity index is 2210. The Kier molecular flexibility index (Phi) is 9.03. The number of β-amino-alcohol motifs (C(OH)–C–C–N with tert-alkyl or cyclic N) is 1. The van der Waals surface area contributed by atoms with Gasteiger partial charge in [0.2, 0.25) is 5.88 Å². The summed E-state index contributed by atoms with van der Waals surface area (Å²) in [5.74, 6) is 0.966. The number of nitrogens with zero attached hydrogens (tertiary/aromatic N) is 5. The largest absolute Gasteiger partial charge is 0.508 e. The number of pyridine rings is 1. The molecule has 3 aliphatic heterocycles. The number of hydrogen-bond acceptors (Lipinski definition) is 11. The molecule has 5 heterocycles. The van der Waals surface area contributed by atoms with E-state index < -0.39 is 17.2 Å². The molecule has 5 fully saturated rings. The molecule has 4 atom stereocenters. The van der Waals surface area contributed by atoms with E-state index in [9.17, 15) is 10.2 Å². The molecule has 290 valence electrons. The highest BCUT2D eigenvalue weighted by Gasteiger charge is 2.53. The number of aromatic hydroxyl groups is 1. The minimum absolute atomic E-state index is 0.00326. The molecule has 2 saturated carbocycles. The number of aliphatic hydroxyl groups is 1. The van der Waals surface area contributed by atoms with Gasteiger partial charge in [-0.3, -0.25) is 4.90 Å². The van der Waals surface area contributed by atoms with Gasteiger partial charge in [-0.25, -0.2) is 13.8 Å². The molecule has 2 aromatic heterocycles. The maximum Gasteiger partial charge on any atom is 0.319 e. The molecule has 13 heteroatoms. The Morgan fingerprint density at radius 2 is 1.85 bits per heavy atom. The van der Waals surface area contributed by atoms with Crippen LogP contribution in [0.2, 0.25) is 0 Å². The average molecular weight is 756 g/mol. The number of methoxy groups -OCH3 is 1. The molecule has 2 aromatic carbocycles. The number of phenolic OH excluding ortho intramolecular Hbond substituents is 1. The zero-order chi connectivity index (χ0) is 38.1. The monoisotopic (exact) mass is 755 g/mol. The molecule has 0 bridgehead atoms. The summed E-state index contributed by atoms with van der Waals surface area (Å²) in [5.41, 5.74) is -1.38. The van der Waals surface area contributed by atoms with Crippen LogP contribution in [0.15, 0.2) is 24.3 Å². The topological polar surface area (TPSA) is 123 Å². The van der Waals surface area contributed by atoms with Gasteiger partial charge in [0, 0.05) is 40.4 Å². The minimum Gasteiger partial charge on any atom is -0.508 e. The molecule has 2 N–H and O–H groups in total. The summed E-state index contributed by atoms with van der Waals surface area (Å²) in [6, 6.07) is 6.32. The van der Waals surface area contributed by atoms with Crippen LogP contribution in [0.5, 0.6) is 17.6 Å². The molecule has 0 amide bonds. The Labute approximate surface area is 318 Å². The van der Waals surface area contributed by atoms with Crippen molar-refractivity contribution in [2.45, 2.75) is 76.0 Å². The number of ether oxygens (including phenoxy) is 4. The predicted molar refractivity (Wildman–Crippen MR) is 202 cm³/mol. The highest BCUT2D eigenvalue weighted by molar-refractivity contribution is 6.04. The summed E-state index contributed by atoms with van der Waals surface area (Å²) in [4.78, 5) is 18.8. The summed E-state index contributed by atoms with van der Waals surface area (Å²) >= 11 is 0. The van der Waals surface area contributed by atoms with Gasteiger partial charge >= 0.3 is 6.01 Å². The molecule has 0 radical (unpaired) electrons. The highest BCUT2D eigenvalue weighted by atomic mass is 19.1. The first kappa shape index (κ1) is 36.3. The Morgan fingerprint density at radius 1 is 1.02 bits per heavy atom. The van der Waals surface area contributed by atoms with Crippen molar-refractivity contribution in [1.82, 2.24) is 19.9 Å². The van der Waals surface area contributed by atoms with E-state index in [0.29, 0.717) is 42.6 Å². The van der Waals surface area contributed by atoms with Gasteiger partial charge in [-0.2, -0.15) is 9.97 Å². The fraction of sp³-hybridized carbons (Fsp3) is 0.548. The zero-order valence-corrected chi connectivity index (χ0v) is 31.4. The second-order valence-electron chi connectivity index (χ2n) is 16.8. The number of aromatic nitrogens is 3. The Balaban J connectivity index is 1.15. The normalized spacial score (nSPS) is 27.9. The van der Waals surface area contributed by atoms with Crippen molar-refractivity contribution in [2.24, 2.45) is 10.8 Å². The molecule has 1 spiro atoms. The lowest BCUT2D eigenvalue weighted by Gasteiger charge is -2.49. The molecule has 2 aliphatic carbocycles. The molecule has 4 aromatic rings. The number of likely N-dealkylation sites (tertiary alicyclic amines) is 1. The third-order valence-electron chi connectivity index (χ3n) is 12.9. The average Bonchev–Trinajstić information content (AvgIpc) is 3.77. The number of fused-ring (bicyclic) bond motifs is 3. The quantitative estimate of drug-likeness (QED) is 0.217. The zero-order valence-electron chi connectivity index (χ0n) is 31.4. The second-order valence-corrected chi connectivity index (χ2v) is 16.8. The molecule has 5 aliphatic rings. The lowest BCUT2D eigenvalue weighted by molar-refractivity contribution is -0.114. The van der Waals surface area contributed by atoms with E-state index in [1.165, 1.54) is 50.6 Å². The van der Waals surface area contributed by atoms with Crippen molar-refractivity contribution in [3.63, 3.8) is 0 Å². The standard InChI is InChI=1S/C42H47F2N5O6/c1-4-28-30(43)9-8-25-17-27(50)18-29(32(25)28)35-34(44)36-33(38(45-35)52-3)37(48-15-16-53-21-40(2,51)20-48)47-39(46-36)55-24-42-11-5-7-31(42)49(14-6-12-42)26-10-13-41(19-26)22-54-23-41/h1,8-9,17-18,26,31,50-51H,5-7,10-16,19-24H2,2-3H3. The van der Waals surface area contributed by atoms with Crippen LogP contribution in [0.3, 0.4) is 0 Å². The van der Waals surface area contributed by atoms with Crippen LogP contribution in [0, 0.1) is 34.8 Å². The van der Waals surface area contributed by atoms with Crippen LogP contribution < -0.4 is 14.4 Å². The Morgan fingerprint density at radius 3 is 2.62 bits per heavy atom. The van der Waals surface area contributed by atoms with Crippen molar-refractivity contribution in [1.29, 1.82) is 0 Å². The fourth-order valence-electron chi connectivity index (χ4n) is 10.4. The fourth-order valence-corrected chi connectivity index (χ4v) is 10.4. The molecular formula is C42H47F2N5O6. The molecule has 3 saturated heterocycles. The Hall–Kier alpha value is -4.35. The first-order chi connectivity index (χ1) is 26.5.